The number of fused-ring (bicyclic) bond motifs is 2. The molecule has 0 aliphatic carbocycles. The molecule has 3 aromatic rings. The third-order valence-corrected chi connectivity index (χ3v) is 5.68. The van der Waals surface area contributed by atoms with E-state index in [2.05, 4.69) is 25.3 Å². The Bertz CT molecular complexity index is 1190. The van der Waals surface area contributed by atoms with Gasteiger partial charge in [-0.2, -0.15) is 32.0 Å². The quantitative estimate of drug-likeness (QED) is 0.466. The first-order chi connectivity index (χ1) is 15.7. The lowest BCUT2D eigenvalue weighted by Gasteiger charge is -2.43. The third-order valence-electron chi connectivity index (χ3n) is 5.68. The van der Waals surface area contributed by atoms with E-state index in [0.29, 0.717) is 31.0 Å². The SMILES string of the molecule is C[C@@H]1CN([C@H]2COc3cc(F)ccc3[C@@H]2Nc2cc(F)nc3nc(C(F)(F)F)nn23)CCO1. The molecular weight excluding hydrogens is 451 g/mol. The first-order valence-electron chi connectivity index (χ1n) is 10.2. The lowest BCUT2D eigenvalue weighted by molar-refractivity contribution is -0.144. The van der Waals surface area contributed by atoms with Crippen LogP contribution in [0.15, 0.2) is 24.3 Å². The number of nitrogens with zero attached hydrogens (tertiary/aromatic N) is 5. The van der Waals surface area contributed by atoms with E-state index in [9.17, 15) is 22.0 Å². The second-order valence-electron chi connectivity index (χ2n) is 7.97. The second-order valence-corrected chi connectivity index (χ2v) is 7.97. The number of alkyl halides is 3. The molecule has 0 bridgehead atoms. The number of rotatable bonds is 3. The molecule has 2 aliphatic rings. The highest BCUT2D eigenvalue weighted by Gasteiger charge is 2.39. The van der Waals surface area contributed by atoms with Crippen molar-refractivity contribution in [2.24, 2.45) is 0 Å². The predicted octanol–water partition coefficient (Wildman–Crippen LogP) is 3.06. The van der Waals surface area contributed by atoms with Crippen LogP contribution in [0.4, 0.5) is 27.8 Å². The maximum Gasteiger partial charge on any atom is 0.453 e. The summed E-state index contributed by atoms with van der Waals surface area (Å²) in [5.41, 5.74) is 0.577. The van der Waals surface area contributed by atoms with Crippen molar-refractivity contribution in [1.82, 2.24) is 24.5 Å². The van der Waals surface area contributed by atoms with Crippen molar-refractivity contribution in [3.63, 3.8) is 0 Å². The number of aromatic nitrogens is 4. The summed E-state index contributed by atoms with van der Waals surface area (Å²) in [5, 5.41) is 6.57. The van der Waals surface area contributed by atoms with Gasteiger partial charge >= 0.3 is 6.18 Å². The van der Waals surface area contributed by atoms with Crippen LogP contribution in [0.25, 0.3) is 5.78 Å². The zero-order chi connectivity index (χ0) is 23.3. The smallest absolute Gasteiger partial charge is 0.453 e. The Labute approximate surface area is 184 Å². The van der Waals surface area contributed by atoms with Crippen molar-refractivity contribution in [2.45, 2.75) is 31.3 Å². The van der Waals surface area contributed by atoms with Crippen molar-refractivity contribution in [2.75, 3.05) is 31.6 Å². The van der Waals surface area contributed by atoms with Crippen LogP contribution >= 0.6 is 0 Å². The molecule has 5 rings (SSSR count). The van der Waals surface area contributed by atoms with Crippen LogP contribution in [0.5, 0.6) is 5.75 Å². The van der Waals surface area contributed by atoms with Crippen LogP contribution in [-0.4, -0.2) is 62.9 Å². The number of hydrogen-bond acceptors (Lipinski definition) is 7. The van der Waals surface area contributed by atoms with Gasteiger partial charge in [0.15, 0.2) is 0 Å². The summed E-state index contributed by atoms with van der Waals surface area (Å²) in [7, 11) is 0. The molecule has 1 aromatic carbocycles. The molecule has 176 valence electrons. The first-order valence-corrected chi connectivity index (χ1v) is 10.2. The molecule has 0 saturated carbocycles. The van der Waals surface area contributed by atoms with E-state index >= 15 is 0 Å². The molecule has 1 fully saturated rings. The van der Waals surface area contributed by atoms with Gasteiger partial charge in [0.2, 0.25) is 5.95 Å². The molecule has 2 aliphatic heterocycles. The molecule has 0 radical (unpaired) electrons. The fourth-order valence-corrected chi connectivity index (χ4v) is 4.23. The number of benzene rings is 1. The van der Waals surface area contributed by atoms with Gasteiger partial charge in [0.05, 0.1) is 24.8 Å². The number of ether oxygens (including phenoxy) is 2. The van der Waals surface area contributed by atoms with Crippen molar-refractivity contribution in [3.8, 4) is 5.75 Å². The van der Waals surface area contributed by atoms with E-state index in [0.717, 1.165) is 10.6 Å². The Hall–Kier alpha value is -3.06. The molecule has 1 saturated heterocycles. The summed E-state index contributed by atoms with van der Waals surface area (Å²) in [6.07, 6.45) is -4.86. The molecule has 13 heteroatoms. The van der Waals surface area contributed by atoms with Gasteiger partial charge in [0.25, 0.3) is 11.6 Å². The monoisotopic (exact) mass is 470 g/mol. The average Bonchev–Trinajstić information content (AvgIpc) is 3.18. The van der Waals surface area contributed by atoms with Crippen LogP contribution in [0.1, 0.15) is 24.4 Å². The largest absolute Gasteiger partial charge is 0.491 e. The summed E-state index contributed by atoms with van der Waals surface area (Å²) in [6.45, 7) is 3.78. The second kappa shape index (κ2) is 8.06. The van der Waals surface area contributed by atoms with Crippen molar-refractivity contribution < 1.29 is 31.4 Å². The van der Waals surface area contributed by atoms with Crippen LogP contribution in [0.2, 0.25) is 0 Å². The molecule has 3 atom stereocenters. The van der Waals surface area contributed by atoms with Crippen LogP contribution in [0, 0.1) is 11.8 Å². The molecule has 1 N–H and O–H groups in total. The molecule has 33 heavy (non-hydrogen) atoms. The van der Waals surface area contributed by atoms with Crippen molar-refractivity contribution in [3.05, 3.63) is 47.4 Å². The minimum absolute atomic E-state index is 0.0382. The number of nitrogens with one attached hydrogen (secondary N) is 1. The Morgan fingerprint density at radius 2 is 1.97 bits per heavy atom. The Kier molecular flexibility index (Phi) is 5.32. The number of hydrogen-bond donors (Lipinski definition) is 1. The van der Waals surface area contributed by atoms with Gasteiger partial charge < -0.3 is 14.8 Å². The standard InChI is InChI=1S/C20H19F5N6O2/c1-10-8-30(4-5-32-10)13-9-33-14-6-11(21)2-3-12(14)17(13)27-16-7-15(22)26-19-28-18(20(23,24)25)29-31(16)19/h2-3,6-7,10,13,17,27H,4-5,8-9H2,1H3/t10-,13+,17+/m1/s1. The molecule has 0 unspecified atom stereocenters. The molecule has 0 amide bonds. The fourth-order valence-electron chi connectivity index (χ4n) is 4.23. The van der Waals surface area contributed by atoms with Gasteiger partial charge in [-0.3, -0.25) is 4.90 Å². The van der Waals surface area contributed by atoms with E-state index in [1.165, 1.54) is 18.2 Å². The number of halogens is 5. The molecule has 4 heterocycles. The number of anilines is 1. The zero-order valence-electron chi connectivity index (χ0n) is 17.3. The Balaban J connectivity index is 1.58. The first kappa shape index (κ1) is 21.8. The van der Waals surface area contributed by atoms with E-state index in [4.69, 9.17) is 9.47 Å². The predicted molar refractivity (Wildman–Crippen MR) is 105 cm³/mol. The average molecular weight is 470 g/mol. The molecule has 2 aromatic heterocycles. The van der Waals surface area contributed by atoms with Crippen LogP contribution < -0.4 is 10.1 Å². The lowest BCUT2D eigenvalue weighted by Crippen LogP contribution is -2.54. The Morgan fingerprint density at radius 1 is 1.15 bits per heavy atom. The van der Waals surface area contributed by atoms with Gasteiger partial charge in [-0.15, -0.1) is 5.10 Å². The summed E-state index contributed by atoms with van der Waals surface area (Å²) in [6, 6.07) is 4.10. The normalized spacial score (nSPS) is 23.9. The highest BCUT2D eigenvalue weighted by atomic mass is 19.4. The summed E-state index contributed by atoms with van der Waals surface area (Å²) in [5.74, 6) is -3.26. The van der Waals surface area contributed by atoms with E-state index in [1.807, 2.05) is 6.92 Å². The van der Waals surface area contributed by atoms with Crippen molar-refractivity contribution >= 4 is 11.6 Å². The zero-order valence-corrected chi connectivity index (χ0v) is 17.3. The van der Waals surface area contributed by atoms with Gasteiger partial charge in [-0.1, -0.05) is 6.07 Å². The third kappa shape index (κ3) is 4.17. The highest BCUT2D eigenvalue weighted by molar-refractivity contribution is 5.49. The van der Waals surface area contributed by atoms with E-state index < -0.39 is 35.6 Å². The van der Waals surface area contributed by atoms with Gasteiger partial charge in [-0.05, 0) is 13.0 Å². The van der Waals surface area contributed by atoms with E-state index in [1.54, 1.807) is 0 Å². The molecular formula is C20H19F5N6O2. The van der Waals surface area contributed by atoms with Gasteiger partial charge in [0.1, 0.15) is 24.0 Å². The van der Waals surface area contributed by atoms with Crippen molar-refractivity contribution in [1.29, 1.82) is 0 Å². The lowest BCUT2D eigenvalue weighted by atomic mass is 9.94. The van der Waals surface area contributed by atoms with Crippen LogP contribution in [0.3, 0.4) is 0 Å². The fraction of sp³-hybridized carbons (Fsp3) is 0.450. The maximum absolute atomic E-state index is 14.2. The summed E-state index contributed by atoms with van der Waals surface area (Å²) in [4.78, 5) is 8.85. The number of morpholine rings is 1. The molecule has 8 nitrogen and oxygen atoms in total. The summed E-state index contributed by atoms with van der Waals surface area (Å²) < 4.78 is 79.7. The minimum atomic E-state index is -4.82. The highest BCUT2D eigenvalue weighted by Crippen LogP contribution is 2.38. The molecule has 0 spiro atoms. The maximum atomic E-state index is 14.2. The summed E-state index contributed by atoms with van der Waals surface area (Å²) >= 11 is 0. The Morgan fingerprint density at radius 3 is 2.73 bits per heavy atom. The minimum Gasteiger partial charge on any atom is -0.491 e. The van der Waals surface area contributed by atoms with Gasteiger partial charge in [-0.25, -0.2) is 4.39 Å². The topological polar surface area (TPSA) is 76.8 Å². The van der Waals surface area contributed by atoms with Gasteiger partial charge in [0, 0.05) is 30.8 Å². The van der Waals surface area contributed by atoms with Crippen LogP contribution in [-0.2, 0) is 10.9 Å². The van der Waals surface area contributed by atoms with E-state index in [-0.39, 0.29) is 24.6 Å².